The fourth-order valence-corrected chi connectivity index (χ4v) is 3.87. The van der Waals surface area contributed by atoms with Gasteiger partial charge in [0, 0.05) is 29.5 Å². The van der Waals surface area contributed by atoms with Gasteiger partial charge in [-0.15, -0.1) is 0 Å². The fraction of sp³-hybridized carbons (Fsp3) is 0.115. The highest BCUT2D eigenvalue weighted by Gasteiger charge is 2.46. The molecule has 2 aromatic carbocycles. The maximum Gasteiger partial charge on any atom is 0.295 e. The Morgan fingerprint density at radius 3 is 2.36 bits per heavy atom. The summed E-state index contributed by atoms with van der Waals surface area (Å²) >= 11 is 6.05. The van der Waals surface area contributed by atoms with Gasteiger partial charge in [-0.1, -0.05) is 36.4 Å². The minimum atomic E-state index is -0.771. The number of nitrogens with zero attached hydrogens (tertiary/aromatic N) is 2. The van der Waals surface area contributed by atoms with Gasteiger partial charge < -0.3 is 14.7 Å². The topological polar surface area (TPSA) is 79.7 Å². The van der Waals surface area contributed by atoms with E-state index < -0.39 is 17.7 Å². The molecule has 1 aromatic heterocycles. The first-order valence-corrected chi connectivity index (χ1v) is 10.6. The van der Waals surface area contributed by atoms with E-state index in [9.17, 15) is 14.7 Å². The van der Waals surface area contributed by atoms with Gasteiger partial charge in [-0.2, -0.15) is 0 Å². The molecule has 1 saturated heterocycles. The molecule has 1 aliphatic heterocycles. The molecule has 3 aromatic rings. The standard InChI is InChI=1S/C26H21ClN2O4/c1-2-15-33-21-9-5-19(6-10-21)24(30)22-23(18-3-7-20(27)8-4-18)29(26(32)25(22)31)16-17-11-13-28-14-12-17/h2-14,23,30H,1,15-16H2/t23-/m0/s1. The van der Waals surface area contributed by atoms with Gasteiger partial charge in [-0.25, -0.2) is 0 Å². The molecule has 6 nitrogen and oxygen atoms in total. The monoisotopic (exact) mass is 460 g/mol. The second kappa shape index (κ2) is 9.71. The Morgan fingerprint density at radius 1 is 1.06 bits per heavy atom. The molecule has 1 atom stereocenters. The largest absolute Gasteiger partial charge is 0.507 e. The summed E-state index contributed by atoms with van der Waals surface area (Å²) in [6.07, 6.45) is 4.88. The van der Waals surface area contributed by atoms with Crippen LogP contribution in [-0.2, 0) is 16.1 Å². The molecule has 0 spiro atoms. The molecule has 166 valence electrons. The molecule has 4 rings (SSSR count). The number of carbonyl (C=O) groups is 2. The highest BCUT2D eigenvalue weighted by atomic mass is 35.5. The molecular formula is C26H21ClN2O4. The number of aromatic nitrogens is 1. The van der Waals surface area contributed by atoms with Crippen LogP contribution in [0.4, 0.5) is 0 Å². The first kappa shape index (κ1) is 22.3. The highest BCUT2D eigenvalue weighted by molar-refractivity contribution is 6.46. The Bertz CT molecular complexity index is 1210. The van der Waals surface area contributed by atoms with Crippen LogP contribution in [-0.4, -0.2) is 33.3 Å². The highest BCUT2D eigenvalue weighted by Crippen LogP contribution is 2.40. The third kappa shape index (κ3) is 4.66. The second-order valence-corrected chi connectivity index (χ2v) is 7.89. The minimum Gasteiger partial charge on any atom is -0.507 e. The maximum absolute atomic E-state index is 13.1. The zero-order valence-corrected chi connectivity index (χ0v) is 18.4. The lowest BCUT2D eigenvalue weighted by Gasteiger charge is -2.25. The second-order valence-electron chi connectivity index (χ2n) is 7.46. The molecule has 33 heavy (non-hydrogen) atoms. The quantitative estimate of drug-likeness (QED) is 0.234. The summed E-state index contributed by atoms with van der Waals surface area (Å²) in [5, 5.41) is 11.7. The van der Waals surface area contributed by atoms with Crippen molar-refractivity contribution in [2.45, 2.75) is 12.6 Å². The molecule has 2 heterocycles. The van der Waals surface area contributed by atoms with Crippen LogP contribution in [0.15, 0.2) is 91.3 Å². The van der Waals surface area contributed by atoms with Crippen LogP contribution in [0.5, 0.6) is 5.75 Å². The normalized spacial score (nSPS) is 17.2. The van der Waals surface area contributed by atoms with Crippen LogP contribution < -0.4 is 4.74 Å². The van der Waals surface area contributed by atoms with Crippen molar-refractivity contribution >= 4 is 29.1 Å². The van der Waals surface area contributed by atoms with E-state index in [1.54, 1.807) is 79.1 Å². The van der Waals surface area contributed by atoms with Gasteiger partial charge in [-0.05, 0) is 59.7 Å². The lowest BCUT2D eigenvalue weighted by Crippen LogP contribution is -2.29. The number of rotatable bonds is 7. The molecule has 0 aliphatic carbocycles. The molecule has 0 saturated carbocycles. The van der Waals surface area contributed by atoms with Crippen LogP contribution in [0.25, 0.3) is 5.76 Å². The molecule has 1 amide bonds. The molecule has 7 heteroatoms. The maximum atomic E-state index is 13.1. The number of pyridine rings is 1. The Kier molecular flexibility index (Phi) is 6.56. The van der Waals surface area contributed by atoms with E-state index in [0.717, 1.165) is 5.56 Å². The third-order valence-electron chi connectivity index (χ3n) is 5.32. The van der Waals surface area contributed by atoms with Crippen molar-refractivity contribution in [3.05, 3.63) is 113 Å². The van der Waals surface area contributed by atoms with E-state index in [2.05, 4.69) is 11.6 Å². The van der Waals surface area contributed by atoms with Crippen molar-refractivity contribution in [1.29, 1.82) is 0 Å². The van der Waals surface area contributed by atoms with E-state index in [-0.39, 0.29) is 17.9 Å². The molecule has 1 fully saturated rings. The van der Waals surface area contributed by atoms with Gasteiger partial charge in [0.2, 0.25) is 0 Å². The van der Waals surface area contributed by atoms with Gasteiger partial charge in [0.05, 0.1) is 11.6 Å². The number of amides is 1. The summed E-state index contributed by atoms with van der Waals surface area (Å²) in [4.78, 5) is 31.6. The Balaban J connectivity index is 1.78. The van der Waals surface area contributed by atoms with Crippen LogP contribution in [0, 0.1) is 0 Å². The van der Waals surface area contributed by atoms with E-state index in [4.69, 9.17) is 16.3 Å². The molecule has 1 aliphatic rings. The number of aliphatic hydroxyl groups is 1. The van der Waals surface area contributed by atoms with Gasteiger partial charge in [0.15, 0.2) is 0 Å². The van der Waals surface area contributed by atoms with Crippen molar-refractivity contribution in [1.82, 2.24) is 9.88 Å². The van der Waals surface area contributed by atoms with Gasteiger partial charge in [0.25, 0.3) is 11.7 Å². The number of benzene rings is 2. The van der Waals surface area contributed by atoms with Crippen molar-refractivity contribution in [3.63, 3.8) is 0 Å². The number of ether oxygens (including phenoxy) is 1. The van der Waals surface area contributed by atoms with E-state index in [1.807, 2.05) is 0 Å². The fourth-order valence-electron chi connectivity index (χ4n) is 3.74. The minimum absolute atomic E-state index is 0.0242. The summed E-state index contributed by atoms with van der Waals surface area (Å²) in [6, 6.07) is 16.3. The van der Waals surface area contributed by atoms with Crippen LogP contribution in [0.2, 0.25) is 5.02 Å². The average Bonchev–Trinajstić information content (AvgIpc) is 3.08. The lowest BCUT2D eigenvalue weighted by molar-refractivity contribution is -0.140. The predicted molar refractivity (Wildman–Crippen MR) is 126 cm³/mol. The van der Waals surface area contributed by atoms with E-state index >= 15 is 0 Å². The van der Waals surface area contributed by atoms with Crippen molar-refractivity contribution in [2.75, 3.05) is 6.61 Å². The number of hydrogen-bond acceptors (Lipinski definition) is 5. The van der Waals surface area contributed by atoms with Crippen molar-refractivity contribution in [3.8, 4) is 5.75 Å². The number of Topliss-reactive ketones (excluding diaryl/α,β-unsaturated/α-hetero) is 1. The summed E-state index contributed by atoms with van der Waals surface area (Å²) in [5.74, 6) is -1.08. The Labute approximate surface area is 196 Å². The summed E-state index contributed by atoms with van der Waals surface area (Å²) in [6.45, 7) is 4.15. The van der Waals surface area contributed by atoms with Crippen molar-refractivity contribution in [2.24, 2.45) is 0 Å². The molecule has 0 unspecified atom stereocenters. The molecular weight excluding hydrogens is 440 g/mol. The zero-order valence-electron chi connectivity index (χ0n) is 17.6. The first-order chi connectivity index (χ1) is 16.0. The Hall–Kier alpha value is -3.90. The number of likely N-dealkylation sites (tertiary alicyclic amines) is 1. The molecule has 1 N–H and O–H groups in total. The third-order valence-corrected chi connectivity index (χ3v) is 5.58. The predicted octanol–water partition coefficient (Wildman–Crippen LogP) is 4.92. The number of ketones is 1. The smallest absolute Gasteiger partial charge is 0.295 e. The SMILES string of the molecule is C=CCOc1ccc(C(O)=C2C(=O)C(=O)N(Cc3ccncc3)[C@H]2c2ccc(Cl)cc2)cc1. The number of halogens is 1. The summed E-state index contributed by atoms with van der Waals surface area (Å²) in [5.41, 5.74) is 1.91. The summed E-state index contributed by atoms with van der Waals surface area (Å²) < 4.78 is 5.48. The van der Waals surface area contributed by atoms with Crippen LogP contribution in [0.3, 0.4) is 0 Å². The van der Waals surface area contributed by atoms with E-state index in [0.29, 0.717) is 28.5 Å². The average molecular weight is 461 g/mol. The van der Waals surface area contributed by atoms with Crippen molar-refractivity contribution < 1.29 is 19.4 Å². The van der Waals surface area contributed by atoms with Crippen LogP contribution in [0.1, 0.15) is 22.7 Å². The summed E-state index contributed by atoms with van der Waals surface area (Å²) in [7, 11) is 0. The Morgan fingerprint density at radius 2 is 1.73 bits per heavy atom. The number of hydrogen-bond donors (Lipinski definition) is 1. The van der Waals surface area contributed by atoms with Gasteiger partial charge in [0.1, 0.15) is 18.1 Å². The number of carbonyl (C=O) groups excluding carboxylic acids is 2. The van der Waals surface area contributed by atoms with Gasteiger partial charge >= 0.3 is 0 Å². The van der Waals surface area contributed by atoms with E-state index in [1.165, 1.54) is 4.90 Å². The molecule has 0 radical (unpaired) electrons. The lowest BCUT2D eigenvalue weighted by atomic mass is 9.95. The number of aliphatic hydroxyl groups excluding tert-OH is 1. The van der Waals surface area contributed by atoms with Gasteiger partial charge in [-0.3, -0.25) is 14.6 Å². The molecule has 0 bridgehead atoms. The zero-order chi connectivity index (χ0) is 23.4. The van der Waals surface area contributed by atoms with Crippen LogP contribution >= 0.6 is 11.6 Å². The first-order valence-electron chi connectivity index (χ1n) is 10.3.